The molecule has 0 spiro atoms. The van der Waals surface area contributed by atoms with Gasteiger partial charge in [0.25, 0.3) is 0 Å². The Balaban J connectivity index is 1.92. The van der Waals surface area contributed by atoms with Gasteiger partial charge in [-0.3, -0.25) is 0 Å². The highest BCUT2D eigenvalue weighted by atomic mass is 16.7. The molecule has 0 radical (unpaired) electrons. The average Bonchev–Trinajstić information content (AvgIpc) is 3.12. The summed E-state index contributed by atoms with van der Waals surface area (Å²) in [5.74, 6) is -5.24. The zero-order valence-corrected chi connectivity index (χ0v) is 17.9. The fraction of sp³-hybridized carbons (Fsp3) is 0.571. The molecule has 2 heterocycles. The molecule has 0 saturated carbocycles. The van der Waals surface area contributed by atoms with E-state index in [1.165, 1.54) is 0 Å². The highest BCUT2D eigenvalue weighted by Crippen LogP contribution is 2.39. The van der Waals surface area contributed by atoms with Crippen molar-refractivity contribution in [3.8, 4) is 5.75 Å². The van der Waals surface area contributed by atoms with Gasteiger partial charge >= 0.3 is 5.97 Å². The summed E-state index contributed by atoms with van der Waals surface area (Å²) in [7, 11) is 0. The molecule has 34 heavy (non-hydrogen) atoms. The summed E-state index contributed by atoms with van der Waals surface area (Å²) in [4.78, 5) is 12.3. The van der Waals surface area contributed by atoms with Gasteiger partial charge in [-0.1, -0.05) is 18.2 Å². The maximum absolute atomic E-state index is 12.3. The quantitative estimate of drug-likeness (QED) is 0.155. The molecule has 1 saturated heterocycles. The van der Waals surface area contributed by atoms with E-state index in [4.69, 9.17) is 24.1 Å². The molecular formula is C21H28O13. The van der Waals surface area contributed by atoms with E-state index in [1.54, 1.807) is 30.3 Å². The van der Waals surface area contributed by atoms with Gasteiger partial charge < -0.3 is 59.8 Å². The highest BCUT2D eigenvalue weighted by Gasteiger charge is 2.58. The molecule has 1 aromatic carbocycles. The molecule has 0 bridgehead atoms. The maximum atomic E-state index is 12.3. The third kappa shape index (κ3) is 5.26. The average molecular weight is 488 g/mol. The smallest absolute Gasteiger partial charge is 0.378 e. The molecule has 1 fully saturated rings. The minimum atomic E-state index is -2.48. The number of benzene rings is 1. The normalized spacial score (nSPS) is 33.4. The molecule has 0 aromatic heterocycles. The van der Waals surface area contributed by atoms with Gasteiger partial charge in [0.2, 0.25) is 11.5 Å². The van der Waals surface area contributed by atoms with Crippen LogP contribution in [-0.4, -0.2) is 115 Å². The van der Waals surface area contributed by atoms with Gasteiger partial charge in [-0.2, -0.15) is 0 Å². The molecule has 13 heteroatoms. The van der Waals surface area contributed by atoms with Crippen molar-refractivity contribution in [1.82, 2.24) is 0 Å². The highest BCUT2D eigenvalue weighted by molar-refractivity contribution is 5.89. The van der Waals surface area contributed by atoms with E-state index in [1.807, 2.05) is 0 Å². The zero-order chi connectivity index (χ0) is 25.0. The van der Waals surface area contributed by atoms with Gasteiger partial charge in [0, 0.05) is 6.42 Å². The molecular weight excluding hydrogens is 460 g/mol. The molecule has 8 atom stereocenters. The number of esters is 1. The third-order valence-electron chi connectivity index (χ3n) is 5.48. The van der Waals surface area contributed by atoms with E-state index in [9.17, 15) is 40.5 Å². The first-order chi connectivity index (χ1) is 16.1. The first-order valence-corrected chi connectivity index (χ1v) is 10.4. The second kappa shape index (κ2) is 10.8. The monoisotopic (exact) mass is 488 g/mol. The number of ether oxygens (including phenoxy) is 4. The SMILES string of the molecule is O=C1O[C@H]([C@@H](O)CO)C(O)=C1OC1(CC(O)CO)O[C@H](COc2ccccc2)[C@@H](O)[C@H](O)[C@H]1O. The molecule has 0 amide bonds. The minimum absolute atomic E-state index is 0.364. The van der Waals surface area contributed by atoms with Crippen molar-refractivity contribution in [1.29, 1.82) is 0 Å². The molecule has 2 aliphatic rings. The Morgan fingerprint density at radius 1 is 1.03 bits per heavy atom. The van der Waals surface area contributed by atoms with Crippen molar-refractivity contribution in [2.75, 3.05) is 19.8 Å². The van der Waals surface area contributed by atoms with Crippen molar-refractivity contribution in [2.45, 2.75) is 54.9 Å². The maximum Gasteiger partial charge on any atom is 0.378 e. The van der Waals surface area contributed by atoms with Crippen molar-refractivity contribution < 1.29 is 64.6 Å². The lowest BCUT2D eigenvalue weighted by Gasteiger charge is -2.48. The van der Waals surface area contributed by atoms with Crippen molar-refractivity contribution in [2.24, 2.45) is 0 Å². The van der Waals surface area contributed by atoms with Gasteiger partial charge in [-0.25, -0.2) is 4.79 Å². The van der Waals surface area contributed by atoms with Crippen LogP contribution >= 0.6 is 0 Å². The minimum Gasteiger partial charge on any atom is -0.505 e. The summed E-state index contributed by atoms with van der Waals surface area (Å²) in [5, 5.41) is 80.2. The lowest BCUT2D eigenvalue weighted by Crippen LogP contribution is -2.67. The summed E-state index contributed by atoms with van der Waals surface area (Å²) in [6.07, 6.45) is -12.8. The number of aliphatic hydroxyl groups is 8. The molecule has 3 rings (SSSR count). The summed E-state index contributed by atoms with van der Waals surface area (Å²) in [6.45, 7) is -2.06. The summed E-state index contributed by atoms with van der Waals surface area (Å²) < 4.78 is 21.5. The fourth-order valence-electron chi connectivity index (χ4n) is 3.66. The Morgan fingerprint density at radius 2 is 1.71 bits per heavy atom. The molecule has 0 aliphatic carbocycles. The van der Waals surface area contributed by atoms with Gasteiger partial charge in [0.05, 0.1) is 19.3 Å². The number of hydrogen-bond donors (Lipinski definition) is 8. The lowest BCUT2D eigenvalue weighted by atomic mass is 9.89. The van der Waals surface area contributed by atoms with E-state index >= 15 is 0 Å². The molecule has 1 aromatic rings. The van der Waals surface area contributed by atoms with Crippen LogP contribution in [0.3, 0.4) is 0 Å². The van der Waals surface area contributed by atoms with Crippen molar-refractivity contribution >= 4 is 5.97 Å². The molecule has 13 nitrogen and oxygen atoms in total. The molecule has 8 N–H and O–H groups in total. The number of para-hydroxylation sites is 1. The molecule has 2 unspecified atom stereocenters. The number of carbonyl (C=O) groups is 1. The van der Waals surface area contributed by atoms with Crippen LogP contribution in [0.1, 0.15) is 6.42 Å². The predicted molar refractivity (Wildman–Crippen MR) is 109 cm³/mol. The van der Waals surface area contributed by atoms with E-state index in [0.29, 0.717) is 5.75 Å². The van der Waals surface area contributed by atoms with Crippen LogP contribution in [0, 0.1) is 0 Å². The summed E-state index contributed by atoms with van der Waals surface area (Å²) >= 11 is 0. The van der Waals surface area contributed by atoms with Gasteiger partial charge in [-0.15, -0.1) is 0 Å². The predicted octanol–water partition coefficient (Wildman–Crippen LogP) is -2.95. The zero-order valence-electron chi connectivity index (χ0n) is 17.9. The molecule has 190 valence electrons. The van der Waals surface area contributed by atoms with Crippen LogP contribution in [0.15, 0.2) is 41.9 Å². The number of aliphatic hydroxyl groups excluding tert-OH is 8. The van der Waals surface area contributed by atoms with E-state index in [0.717, 1.165) is 0 Å². The standard InChI is InChI=1S/C21H28O13/c22-7-10(24)6-21(34-18-16(28)17(12(25)8-23)32-20(18)30)19(29)15(27)14(26)13(33-21)9-31-11-4-2-1-3-5-11/h1-5,10,12-15,17,19,22-29H,6-9H2/t10?,12-,13+,14+,15-,17+,19+,21?/m0/s1. The number of cyclic esters (lactones) is 1. The third-order valence-corrected chi connectivity index (χ3v) is 5.48. The van der Waals surface area contributed by atoms with Gasteiger partial charge in [0.15, 0.2) is 11.9 Å². The van der Waals surface area contributed by atoms with Crippen LogP contribution in [0.2, 0.25) is 0 Å². The second-order valence-electron chi connectivity index (χ2n) is 7.95. The first kappa shape index (κ1) is 26.1. The van der Waals surface area contributed by atoms with Crippen molar-refractivity contribution in [3.05, 3.63) is 41.9 Å². The number of rotatable bonds is 10. The van der Waals surface area contributed by atoms with Crippen LogP contribution in [0.25, 0.3) is 0 Å². The Morgan fingerprint density at radius 3 is 2.32 bits per heavy atom. The van der Waals surface area contributed by atoms with Crippen LogP contribution in [0.4, 0.5) is 0 Å². The van der Waals surface area contributed by atoms with E-state index < -0.39 is 85.6 Å². The largest absolute Gasteiger partial charge is 0.505 e. The lowest BCUT2D eigenvalue weighted by molar-refractivity contribution is -0.359. The Labute approximate surface area is 193 Å². The number of carbonyl (C=O) groups excluding carboxylic acids is 1. The van der Waals surface area contributed by atoms with Crippen LogP contribution in [0.5, 0.6) is 5.75 Å². The second-order valence-corrected chi connectivity index (χ2v) is 7.95. The summed E-state index contributed by atoms with van der Waals surface area (Å²) in [6, 6.07) is 8.36. The molecule has 2 aliphatic heterocycles. The van der Waals surface area contributed by atoms with Crippen molar-refractivity contribution in [3.63, 3.8) is 0 Å². The van der Waals surface area contributed by atoms with Gasteiger partial charge in [0.1, 0.15) is 42.9 Å². The topological polar surface area (TPSA) is 216 Å². The first-order valence-electron chi connectivity index (χ1n) is 10.4. The Bertz CT molecular complexity index is 861. The van der Waals surface area contributed by atoms with Crippen LogP contribution < -0.4 is 4.74 Å². The van der Waals surface area contributed by atoms with E-state index in [-0.39, 0.29) is 6.61 Å². The van der Waals surface area contributed by atoms with Gasteiger partial charge in [-0.05, 0) is 12.1 Å². The Kier molecular flexibility index (Phi) is 8.33. The van der Waals surface area contributed by atoms with Crippen LogP contribution in [-0.2, 0) is 19.0 Å². The Hall–Kier alpha value is -2.49. The number of hydrogen-bond acceptors (Lipinski definition) is 13. The van der Waals surface area contributed by atoms with E-state index in [2.05, 4.69) is 0 Å². The fourth-order valence-corrected chi connectivity index (χ4v) is 3.66. The summed E-state index contributed by atoms with van der Waals surface area (Å²) in [5.41, 5.74) is 0.